The first-order chi connectivity index (χ1) is 8.61. The van der Waals surface area contributed by atoms with Gasteiger partial charge in [0.15, 0.2) is 0 Å². The maximum absolute atomic E-state index is 12.2. The number of rotatable bonds is 3. The molecule has 1 aromatic rings. The number of hydrogen-bond donors (Lipinski definition) is 2. The summed E-state index contributed by atoms with van der Waals surface area (Å²) < 4.78 is 1.64. The van der Waals surface area contributed by atoms with E-state index in [4.69, 9.17) is 5.73 Å². The van der Waals surface area contributed by atoms with E-state index >= 15 is 0 Å². The Morgan fingerprint density at radius 2 is 2.22 bits per heavy atom. The fourth-order valence-electron chi connectivity index (χ4n) is 2.29. The lowest BCUT2D eigenvalue weighted by atomic mass is 10.1. The van der Waals surface area contributed by atoms with E-state index in [0.29, 0.717) is 17.9 Å². The molecule has 1 amide bonds. The summed E-state index contributed by atoms with van der Waals surface area (Å²) in [6.45, 7) is 4.63. The van der Waals surface area contributed by atoms with Gasteiger partial charge >= 0.3 is 0 Å². The van der Waals surface area contributed by atoms with E-state index in [9.17, 15) is 4.79 Å². The maximum Gasteiger partial charge on any atom is 0.271 e. The molecule has 0 aromatic carbocycles. The summed E-state index contributed by atoms with van der Waals surface area (Å²) in [5.74, 6) is -0.110. The number of likely N-dealkylation sites (tertiary alicyclic amines) is 1. The average Bonchev–Trinajstić information content (AvgIpc) is 2.73. The van der Waals surface area contributed by atoms with E-state index < -0.39 is 0 Å². The number of nitrogens with two attached hydrogens (primary N) is 1. The molecule has 3 N–H and O–H groups in total. The summed E-state index contributed by atoms with van der Waals surface area (Å²) in [7, 11) is 2.10. The Labute approximate surface area is 107 Å². The minimum absolute atomic E-state index is 0.110. The molecule has 2 heterocycles. The van der Waals surface area contributed by atoms with Gasteiger partial charge in [-0.25, -0.2) is 0 Å². The summed E-state index contributed by atoms with van der Waals surface area (Å²) in [6, 6.07) is 0.244. The number of nitrogen functional groups attached to an aromatic ring is 1. The van der Waals surface area contributed by atoms with Gasteiger partial charge in [0.05, 0.1) is 11.9 Å². The van der Waals surface area contributed by atoms with Gasteiger partial charge in [0.1, 0.15) is 5.69 Å². The van der Waals surface area contributed by atoms with Crippen molar-refractivity contribution >= 4 is 11.6 Å². The second-order valence-corrected chi connectivity index (χ2v) is 4.82. The third-order valence-corrected chi connectivity index (χ3v) is 3.44. The van der Waals surface area contributed by atoms with Gasteiger partial charge in [-0.15, -0.1) is 0 Å². The summed E-state index contributed by atoms with van der Waals surface area (Å²) in [6.07, 6.45) is 3.51. The van der Waals surface area contributed by atoms with E-state index in [1.807, 2.05) is 6.92 Å². The summed E-state index contributed by atoms with van der Waals surface area (Å²) in [5, 5.41) is 7.13. The lowest BCUT2D eigenvalue weighted by Crippen LogP contribution is -2.44. The molecule has 1 saturated heterocycles. The molecule has 6 nitrogen and oxygen atoms in total. The number of aromatic nitrogens is 2. The van der Waals surface area contributed by atoms with Crippen LogP contribution in [0.2, 0.25) is 0 Å². The highest BCUT2D eigenvalue weighted by Crippen LogP contribution is 2.13. The van der Waals surface area contributed by atoms with Crippen LogP contribution < -0.4 is 11.1 Å². The molecule has 6 heteroatoms. The summed E-state index contributed by atoms with van der Waals surface area (Å²) in [4.78, 5) is 14.5. The van der Waals surface area contributed by atoms with Gasteiger partial charge in [0.2, 0.25) is 0 Å². The van der Waals surface area contributed by atoms with Crippen LogP contribution in [0.5, 0.6) is 0 Å². The van der Waals surface area contributed by atoms with Crippen molar-refractivity contribution in [3.05, 3.63) is 11.9 Å². The largest absolute Gasteiger partial charge is 0.396 e. The highest BCUT2D eigenvalue weighted by atomic mass is 16.2. The van der Waals surface area contributed by atoms with E-state index in [1.165, 1.54) is 6.20 Å². The molecule has 18 heavy (non-hydrogen) atoms. The third kappa shape index (κ3) is 2.64. The molecule has 0 aliphatic carbocycles. The van der Waals surface area contributed by atoms with Gasteiger partial charge < -0.3 is 16.0 Å². The lowest BCUT2D eigenvalue weighted by Gasteiger charge is -2.29. The van der Waals surface area contributed by atoms with Crippen LogP contribution in [-0.2, 0) is 6.54 Å². The standard InChI is InChI=1S/C12H21N5O/c1-3-17-11(10(13)8-14-17)12(18)15-9-4-6-16(2)7-5-9/h8-9H,3-7,13H2,1-2H3,(H,15,18). The topological polar surface area (TPSA) is 76.2 Å². The molecule has 0 atom stereocenters. The molecule has 0 radical (unpaired) electrons. The Morgan fingerprint density at radius 3 is 2.83 bits per heavy atom. The van der Waals surface area contributed by atoms with Gasteiger partial charge in [-0.2, -0.15) is 5.10 Å². The lowest BCUT2D eigenvalue weighted by molar-refractivity contribution is 0.0907. The van der Waals surface area contributed by atoms with Crippen LogP contribution in [0.1, 0.15) is 30.3 Å². The highest BCUT2D eigenvalue weighted by molar-refractivity contribution is 5.97. The Morgan fingerprint density at radius 1 is 1.56 bits per heavy atom. The SMILES string of the molecule is CCn1ncc(N)c1C(=O)NC1CCN(C)CC1. The van der Waals surface area contributed by atoms with Gasteiger partial charge in [-0.1, -0.05) is 0 Å². The van der Waals surface area contributed by atoms with Crippen LogP contribution in [0.4, 0.5) is 5.69 Å². The van der Waals surface area contributed by atoms with Crippen LogP contribution in [-0.4, -0.2) is 46.8 Å². The molecule has 0 unspecified atom stereocenters. The monoisotopic (exact) mass is 251 g/mol. The molecule has 0 bridgehead atoms. The molecule has 100 valence electrons. The molecule has 1 fully saturated rings. The van der Waals surface area contributed by atoms with Crippen molar-refractivity contribution in [1.29, 1.82) is 0 Å². The Hall–Kier alpha value is -1.56. The van der Waals surface area contributed by atoms with Gasteiger partial charge in [0, 0.05) is 12.6 Å². The number of aryl methyl sites for hydroxylation is 1. The number of nitrogens with zero attached hydrogens (tertiary/aromatic N) is 3. The quantitative estimate of drug-likeness (QED) is 0.810. The second-order valence-electron chi connectivity index (χ2n) is 4.82. The average molecular weight is 251 g/mol. The Kier molecular flexibility index (Phi) is 3.86. The molecule has 0 spiro atoms. The van der Waals surface area contributed by atoms with Gasteiger partial charge in [-0.05, 0) is 39.9 Å². The van der Waals surface area contributed by atoms with Crippen molar-refractivity contribution in [3.8, 4) is 0 Å². The maximum atomic E-state index is 12.2. The third-order valence-electron chi connectivity index (χ3n) is 3.44. The van der Waals surface area contributed by atoms with E-state index in [2.05, 4.69) is 22.4 Å². The van der Waals surface area contributed by atoms with E-state index in [-0.39, 0.29) is 11.9 Å². The van der Waals surface area contributed by atoms with Crippen molar-refractivity contribution in [2.24, 2.45) is 0 Å². The second kappa shape index (κ2) is 5.39. The number of hydrogen-bond acceptors (Lipinski definition) is 4. The van der Waals surface area contributed by atoms with Gasteiger partial charge in [-0.3, -0.25) is 9.48 Å². The summed E-state index contributed by atoms with van der Waals surface area (Å²) >= 11 is 0. The van der Waals surface area contributed by atoms with E-state index in [0.717, 1.165) is 25.9 Å². The first kappa shape index (κ1) is 12.9. The molecule has 2 rings (SSSR count). The van der Waals surface area contributed by atoms with Crippen LogP contribution in [0.3, 0.4) is 0 Å². The predicted molar refractivity (Wildman–Crippen MR) is 70.3 cm³/mol. The first-order valence-electron chi connectivity index (χ1n) is 6.42. The number of piperidine rings is 1. The first-order valence-corrected chi connectivity index (χ1v) is 6.42. The minimum Gasteiger partial charge on any atom is -0.396 e. The molecule has 0 saturated carbocycles. The van der Waals surface area contributed by atoms with Crippen LogP contribution in [0, 0.1) is 0 Å². The number of carbonyl (C=O) groups excluding carboxylic acids is 1. The number of nitrogens with one attached hydrogen (secondary N) is 1. The Bertz CT molecular complexity index is 420. The zero-order valence-corrected chi connectivity index (χ0v) is 11.0. The normalized spacial score (nSPS) is 17.9. The smallest absolute Gasteiger partial charge is 0.271 e. The van der Waals surface area contributed by atoms with Crippen LogP contribution in [0.15, 0.2) is 6.20 Å². The fourth-order valence-corrected chi connectivity index (χ4v) is 2.29. The summed E-state index contributed by atoms with van der Waals surface area (Å²) in [5.41, 5.74) is 6.72. The zero-order chi connectivity index (χ0) is 13.1. The fraction of sp³-hybridized carbons (Fsp3) is 0.667. The molecule has 1 aliphatic heterocycles. The molecular weight excluding hydrogens is 230 g/mol. The van der Waals surface area contributed by atoms with Gasteiger partial charge in [0.25, 0.3) is 5.91 Å². The van der Waals surface area contributed by atoms with Crippen LogP contribution in [0.25, 0.3) is 0 Å². The zero-order valence-electron chi connectivity index (χ0n) is 11.0. The van der Waals surface area contributed by atoms with Crippen LogP contribution >= 0.6 is 0 Å². The minimum atomic E-state index is -0.110. The number of anilines is 1. The van der Waals surface area contributed by atoms with Crippen molar-refractivity contribution in [2.75, 3.05) is 25.9 Å². The number of amides is 1. The number of carbonyl (C=O) groups is 1. The van der Waals surface area contributed by atoms with E-state index in [1.54, 1.807) is 4.68 Å². The predicted octanol–water partition coefficient (Wildman–Crippen LogP) is 0.309. The molecule has 1 aliphatic rings. The molecule has 1 aromatic heterocycles. The Balaban J connectivity index is 2.01. The highest BCUT2D eigenvalue weighted by Gasteiger charge is 2.22. The van der Waals surface area contributed by atoms with Crippen molar-refractivity contribution in [2.45, 2.75) is 32.4 Å². The molecular formula is C12H21N5O. The van der Waals surface area contributed by atoms with Crippen molar-refractivity contribution in [3.63, 3.8) is 0 Å². The van der Waals surface area contributed by atoms with Crippen molar-refractivity contribution < 1.29 is 4.79 Å². The van der Waals surface area contributed by atoms with Crippen molar-refractivity contribution in [1.82, 2.24) is 20.0 Å².